The van der Waals surface area contributed by atoms with Gasteiger partial charge >= 0.3 is 5.97 Å². The molecule has 2 bridgehead atoms. The minimum absolute atomic E-state index is 0.0190. The molecule has 4 amide bonds. The Morgan fingerprint density at radius 2 is 1.18 bits per heavy atom. The predicted molar refractivity (Wildman–Crippen MR) is 248 cm³/mol. The van der Waals surface area contributed by atoms with Gasteiger partial charge in [-0.1, -0.05) is 133 Å². The van der Waals surface area contributed by atoms with Crippen molar-refractivity contribution in [1.29, 1.82) is 0 Å². The number of carboxylic acid groups (broad SMARTS) is 1. The van der Waals surface area contributed by atoms with E-state index in [0.717, 1.165) is 27.1 Å². The Kier molecular flexibility index (Phi) is 15.7. The lowest BCUT2D eigenvalue weighted by atomic mass is 9.89. The number of carbonyl (C=O) groups is 6. The minimum atomic E-state index is -1.28. The first-order valence-electron chi connectivity index (χ1n) is 21.5. The maximum absolute atomic E-state index is 14.7. The lowest BCUT2D eigenvalue weighted by molar-refractivity contribution is -0.142. The SMILES string of the molecule is O=C1COc2ccc(cc2)C[C@@H](C(=O)N[C@@H](Cc2ccccc2)C(=O)O)CC(=O)[C@H](Cc2ccccc2)NC(=O)[C@H](Cc2ccc(-c3ccccc3)cc2)NC(=O)[C@H](Cc2cccs2)N1. The van der Waals surface area contributed by atoms with Gasteiger partial charge in [0.2, 0.25) is 17.7 Å². The largest absolute Gasteiger partial charge is 0.484 e. The predicted octanol–water partition coefficient (Wildman–Crippen LogP) is 5.92. The first-order chi connectivity index (χ1) is 31.6. The number of ether oxygens (including phenoxy) is 1. The third-order valence-electron chi connectivity index (χ3n) is 11.2. The molecular formula is C52H50N4O8S. The molecule has 0 radical (unpaired) electrons. The molecule has 5 atom stereocenters. The Balaban J connectivity index is 1.22. The Morgan fingerprint density at radius 3 is 1.82 bits per heavy atom. The Morgan fingerprint density at radius 1 is 0.615 bits per heavy atom. The van der Waals surface area contributed by atoms with Gasteiger partial charge in [-0.25, -0.2) is 4.79 Å². The van der Waals surface area contributed by atoms with Crippen LogP contribution in [-0.4, -0.2) is 71.3 Å². The highest BCUT2D eigenvalue weighted by atomic mass is 32.1. The van der Waals surface area contributed by atoms with Crippen molar-refractivity contribution in [3.8, 4) is 16.9 Å². The number of ketones is 1. The summed E-state index contributed by atoms with van der Waals surface area (Å²) in [6.07, 6.45) is -0.0233. The number of thiophene rings is 1. The van der Waals surface area contributed by atoms with E-state index in [9.17, 15) is 33.9 Å². The minimum Gasteiger partial charge on any atom is -0.484 e. The molecular weight excluding hydrogens is 841 g/mol. The highest BCUT2D eigenvalue weighted by molar-refractivity contribution is 7.09. The van der Waals surface area contributed by atoms with Crippen molar-refractivity contribution >= 4 is 46.7 Å². The molecule has 2 aliphatic heterocycles. The van der Waals surface area contributed by atoms with Gasteiger partial charge in [0.15, 0.2) is 12.4 Å². The normalized spacial score (nSPS) is 19.0. The van der Waals surface area contributed by atoms with Crippen molar-refractivity contribution < 1.29 is 38.6 Å². The summed E-state index contributed by atoms with van der Waals surface area (Å²) in [6.45, 7) is -0.413. The van der Waals surface area contributed by atoms with Gasteiger partial charge in [0.1, 0.15) is 23.9 Å². The average molecular weight is 891 g/mol. The van der Waals surface area contributed by atoms with E-state index < -0.39 is 72.1 Å². The number of hydrogen-bond donors (Lipinski definition) is 5. The molecule has 2 aliphatic rings. The first kappa shape index (κ1) is 45.6. The van der Waals surface area contributed by atoms with Crippen LogP contribution in [0.1, 0.15) is 33.6 Å². The molecule has 0 saturated heterocycles. The fourth-order valence-corrected chi connectivity index (χ4v) is 8.51. The van der Waals surface area contributed by atoms with Gasteiger partial charge < -0.3 is 31.1 Å². The van der Waals surface area contributed by atoms with Gasteiger partial charge in [-0.3, -0.25) is 24.0 Å². The van der Waals surface area contributed by atoms with Gasteiger partial charge in [0.05, 0.1) is 6.04 Å². The molecule has 332 valence electrons. The van der Waals surface area contributed by atoms with E-state index in [4.69, 9.17) is 4.74 Å². The monoisotopic (exact) mass is 890 g/mol. The molecule has 0 spiro atoms. The summed E-state index contributed by atoms with van der Waals surface area (Å²) in [5.41, 5.74) is 4.79. The van der Waals surface area contributed by atoms with Crippen molar-refractivity contribution in [2.45, 2.75) is 62.7 Å². The molecule has 0 fully saturated rings. The maximum Gasteiger partial charge on any atom is 0.326 e. The number of benzene rings is 5. The van der Waals surface area contributed by atoms with Crippen LogP contribution < -0.4 is 26.0 Å². The molecule has 1 aromatic heterocycles. The van der Waals surface area contributed by atoms with E-state index in [-0.39, 0.29) is 38.5 Å². The molecule has 3 heterocycles. The molecule has 0 aliphatic carbocycles. The van der Waals surface area contributed by atoms with Gasteiger partial charge in [-0.05, 0) is 69.8 Å². The van der Waals surface area contributed by atoms with Gasteiger partial charge in [-0.15, -0.1) is 11.3 Å². The average Bonchev–Trinajstić information content (AvgIpc) is 3.84. The molecule has 5 N–H and O–H groups in total. The van der Waals surface area contributed by atoms with E-state index >= 15 is 0 Å². The number of carbonyl (C=O) groups excluding carboxylic acids is 5. The summed E-state index contributed by atoms with van der Waals surface area (Å²) in [4.78, 5) is 84.6. The van der Waals surface area contributed by atoms with Crippen LogP contribution in [0.4, 0.5) is 0 Å². The van der Waals surface area contributed by atoms with Crippen LogP contribution in [0.3, 0.4) is 0 Å². The van der Waals surface area contributed by atoms with Crippen LogP contribution in [0.15, 0.2) is 157 Å². The van der Waals surface area contributed by atoms with Crippen molar-refractivity contribution in [2.24, 2.45) is 5.92 Å². The molecule has 13 heteroatoms. The number of amides is 4. The Labute approximate surface area is 381 Å². The van der Waals surface area contributed by atoms with Gasteiger partial charge in [-0.2, -0.15) is 0 Å². The zero-order valence-electron chi connectivity index (χ0n) is 35.6. The van der Waals surface area contributed by atoms with E-state index in [2.05, 4.69) is 21.3 Å². The Hall–Kier alpha value is -7.38. The van der Waals surface area contributed by atoms with Crippen LogP contribution in [-0.2, 0) is 60.9 Å². The fraction of sp³-hybridized carbons (Fsp3) is 0.231. The highest BCUT2D eigenvalue weighted by Crippen LogP contribution is 2.22. The van der Waals surface area contributed by atoms with Crippen molar-refractivity contribution in [2.75, 3.05) is 6.61 Å². The Bertz CT molecular complexity index is 2540. The number of carboxylic acids is 1. The van der Waals surface area contributed by atoms with Crippen molar-refractivity contribution in [1.82, 2.24) is 21.3 Å². The van der Waals surface area contributed by atoms with Crippen LogP contribution in [0, 0.1) is 5.92 Å². The second-order valence-electron chi connectivity index (χ2n) is 16.1. The van der Waals surface area contributed by atoms with Crippen molar-refractivity contribution in [3.63, 3.8) is 0 Å². The molecule has 5 aromatic carbocycles. The molecule has 65 heavy (non-hydrogen) atoms. The molecule has 8 rings (SSSR count). The highest BCUT2D eigenvalue weighted by Gasteiger charge is 2.34. The first-order valence-corrected chi connectivity index (χ1v) is 22.4. The number of fused-ring (bicyclic) bond motifs is 16. The molecule has 12 nitrogen and oxygen atoms in total. The van der Waals surface area contributed by atoms with Crippen molar-refractivity contribution in [3.05, 3.63) is 184 Å². The standard InChI is InChI=1S/C52H50N4O8S/c57-47-31-40(49(59)56-46(52(62)63)30-35-13-6-2-7-14-35)27-36-20-24-41(25-21-36)64-33-48(58)53-45(32-42-17-10-26-65-42)51(61)55-44(50(60)54-43(47)28-34-11-4-1-5-12-34)29-37-18-22-39(23-19-37)38-15-8-3-9-16-38/h1-26,40,43-46H,27-33H2,(H,53,58)(H,54,60)(H,55,61)(H,56,59)(H,62,63)/t40-,43+,44+,45+,46+/m1/s1. The molecule has 0 saturated carbocycles. The van der Waals surface area contributed by atoms with E-state index in [1.54, 1.807) is 48.5 Å². The zero-order chi connectivity index (χ0) is 45.5. The summed E-state index contributed by atoms with van der Waals surface area (Å²) < 4.78 is 5.81. The number of aliphatic carboxylic acids is 1. The lowest BCUT2D eigenvalue weighted by Crippen LogP contribution is -2.57. The quantitative estimate of drug-likeness (QED) is 0.0940. The van der Waals surface area contributed by atoms with Crippen LogP contribution in [0.5, 0.6) is 5.75 Å². The molecule has 6 aromatic rings. The van der Waals surface area contributed by atoms with E-state index in [1.807, 2.05) is 109 Å². The molecule has 0 unspecified atom stereocenters. The van der Waals surface area contributed by atoms with Crippen LogP contribution >= 0.6 is 11.3 Å². The fourth-order valence-electron chi connectivity index (χ4n) is 7.76. The summed E-state index contributed by atoms with van der Waals surface area (Å²) in [5, 5.41) is 23.4. The summed E-state index contributed by atoms with van der Waals surface area (Å²) >= 11 is 1.43. The zero-order valence-corrected chi connectivity index (χ0v) is 36.4. The third-order valence-corrected chi connectivity index (χ3v) is 12.1. The lowest BCUT2D eigenvalue weighted by Gasteiger charge is -2.26. The second kappa shape index (κ2) is 22.3. The number of rotatable bonds is 12. The summed E-state index contributed by atoms with van der Waals surface area (Å²) in [7, 11) is 0. The summed E-state index contributed by atoms with van der Waals surface area (Å²) in [6, 6.07) is 41.1. The van der Waals surface area contributed by atoms with Crippen LogP contribution in [0.25, 0.3) is 11.1 Å². The number of nitrogens with one attached hydrogen (secondary N) is 4. The van der Waals surface area contributed by atoms with Gasteiger partial charge in [0, 0.05) is 36.5 Å². The smallest absolute Gasteiger partial charge is 0.326 e. The second-order valence-corrected chi connectivity index (χ2v) is 17.1. The number of hydrogen-bond acceptors (Lipinski definition) is 8. The third kappa shape index (κ3) is 13.3. The van der Waals surface area contributed by atoms with E-state index in [0.29, 0.717) is 16.9 Å². The van der Waals surface area contributed by atoms with Crippen LogP contribution in [0.2, 0.25) is 0 Å². The van der Waals surface area contributed by atoms with E-state index in [1.165, 1.54) is 11.3 Å². The van der Waals surface area contributed by atoms with Gasteiger partial charge in [0.25, 0.3) is 5.91 Å². The summed E-state index contributed by atoms with van der Waals surface area (Å²) in [5.74, 6) is -4.85. The number of Topliss-reactive ketones (excluding diaryl/α,β-unsaturated/α-hetero) is 1. The topological polar surface area (TPSA) is 180 Å². The maximum atomic E-state index is 14.7.